The second-order valence-corrected chi connectivity index (χ2v) is 4.51. The molecule has 0 heterocycles. The van der Waals surface area contributed by atoms with E-state index < -0.39 is 18.1 Å². The van der Waals surface area contributed by atoms with Gasteiger partial charge in [-0.05, 0) is 36.5 Å². The first kappa shape index (κ1) is 13.7. The van der Waals surface area contributed by atoms with Crippen molar-refractivity contribution in [1.82, 2.24) is 5.32 Å². The molecule has 2 rings (SSSR count). The second-order valence-electron chi connectivity index (χ2n) is 4.51. The first-order valence-electron chi connectivity index (χ1n) is 5.94. The molecule has 19 heavy (non-hydrogen) atoms. The third-order valence-electron chi connectivity index (χ3n) is 3.25. The Morgan fingerprint density at radius 3 is 2.79 bits per heavy atom. The number of amides is 1. The summed E-state index contributed by atoms with van der Waals surface area (Å²) < 4.78 is 41.8. The van der Waals surface area contributed by atoms with Gasteiger partial charge in [-0.3, -0.25) is 4.79 Å². The van der Waals surface area contributed by atoms with Gasteiger partial charge >= 0.3 is 12.1 Å². The molecular weight excluding hydrogens is 259 g/mol. The number of hydrogen-bond acceptors (Lipinski definition) is 2. The van der Waals surface area contributed by atoms with Gasteiger partial charge in [0.05, 0.1) is 7.11 Å². The number of carbonyl (C=O) groups is 1. The normalized spacial score (nSPS) is 18.6. The van der Waals surface area contributed by atoms with E-state index in [1.165, 1.54) is 0 Å². The van der Waals surface area contributed by atoms with E-state index in [-0.39, 0.29) is 0 Å². The van der Waals surface area contributed by atoms with Gasteiger partial charge in [0.1, 0.15) is 5.75 Å². The summed E-state index contributed by atoms with van der Waals surface area (Å²) in [6, 6.07) is 5.00. The quantitative estimate of drug-likeness (QED) is 0.897. The molecule has 1 aromatic carbocycles. The summed E-state index contributed by atoms with van der Waals surface area (Å²) in [5.41, 5.74) is 1.94. The zero-order valence-electron chi connectivity index (χ0n) is 10.4. The van der Waals surface area contributed by atoms with Crippen molar-refractivity contribution >= 4 is 5.91 Å². The Bertz CT molecular complexity index is 485. The zero-order valence-corrected chi connectivity index (χ0v) is 10.4. The molecule has 0 fully saturated rings. The van der Waals surface area contributed by atoms with Gasteiger partial charge in [-0.2, -0.15) is 13.2 Å². The predicted octanol–water partition coefficient (Wildman–Crippen LogP) is 2.23. The highest BCUT2D eigenvalue weighted by atomic mass is 19.4. The van der Waals surface area contributed by atoms with Gasteiger partial charge in [-0.1, -0.05) is 12.1 Å². The van der Waals surface area contributed by atoms with Crippen LogP contribution in [0.15, 0.2) is 18.2 Å². The van der Waals surface area contributed by atoms with Gasteiger partial charge in [0.15, 0.2) is 0 Å². The van der Waals surface area contributed by atoms with Crippen LogP contribution in [0.1, 0.15) is 17.5 Å². The summed E-state index contributed by atoms with van der Waals surface area (Å²) in [5.74, 6) is -1.12. The monoisotopic (exact) mass is 273 g/mol. The second kappa shape index (κ2) is 5.11. The number of halogens is 3. The summed E-state index contributed by atoms with van der Waals surface area (Å²) in [6.45, 7) is 0. The van der Waals surface area contributed by atoms with Crippen LogP contribution in [-0.4, -0.2) is 25.2 Å². The first-order chi connectivity index (χ1) is 8.91. The van der Waals surface area contributed by atoms with E-state index in [0.717, 1.165) is 16.9 Å². The van der Waals surface area contributed by atoms with Crippen LogP contribution >= 0.6 is 0 Å². The molecule has 1 aliphatic carbocycles. The molecule has 3 nitrogen and oxygen atoms in total. The maximum absolute atomic E-state index is 12.2. The molecule has 0 unspecified atom stereocenters. The van der Waals surface area contributed by atoms with Crippen molar-refractivity contribution in [2.24, 2.45) is 0 Å². The molecule has 0 aromatic heterocycles. The van der Waals surface area contributed by atoms with Gasteiger partial charge in [0.2, 0.25) is 0 Å². The highest BCUT2D eigenvalue weighted by Crippen LogP contribution is 2.29. The molecular formula is C13H14F3NO2. The summed E-state index contributed by atoms with van der Waals surface area (Å²) >= 11 is 0. The Labute approximate surface area is 108 Å². The summed E-state index contributed by atoms with van der Waals surface area (Å²) in [4.78, 5) is 10.9. The molecule has 6 heteroatoms. The van der Waals surface area contributed by atoms with Crippen LogP contribution < -0.4 is 10.1 Å². The Balaban J connectivity index is 2.09. The third kappa shape index (κ3) is 3.00. The molecule has 0 aliphatic heterocycles. The smallest absolute Gasteiger partial charge is 0.471 e. The lowest BCUT2D eigenvalue weighted by Crippen LogP contribution is -2.45. The van der Waals surface area contributed by atoms with Crippen LogP contribution in [0.25, 0.3) is 0 Å². The van der Waals surface area contributed by atoms with E-state index in [9.17, 15) is 18.0 Å². The number of carbonyl (C=O) groups excluding carboxylic acids is 1. The molecule has 1 aliphatic rings. The largest absolute Gasteiger partial charge is 0.496 e. The van der Waals surface area contributed by atoms with Gasteiger partial charge in [0, 0.05) is 6.04 Å². The van der Waals surface area contributed by atoms with Crippen LogP contribution in [0, 0.1) is 0 Å². The number of hydrogen-bond donors (Lipinski definition) is 1. The van der Waals surface area contributed by atoms with Crippen LogP contribution in [0.3, 0.4) is 0 Å². The van der Waals surface area contributed by atoms with Crippen molar-refractivity contribution in [2.45, 2.75) is 31.5 Å². The lowest BCUT2D eigenvalue weighted by molar-refractivity contribution is -0.174. The minimum absolute atomic E-state index is 0.397. The van der Waals surface area contributed by atoms with Crippen LogP contribution in [0.4, 0.5) is 13.2 Å². The highest BCUT2D eigenvalue weighted by Gasteiger charge is 2.40. The summed E-state index contributed by atoms with van der Waals surface area (Å²) in [5, 5.41) is 2.03. The van der Waals surface area contributed by atoms with Gasteiger partial charge in [-0.15, -0.1) is 0 Å². The molecule has 0 spiro atoms. The lowest BCUT2D eigenvalue weighted by atomic mass is 9.87. The number of alkyl halides is 3. The zero-order chi connectivity index (χ0) is 14.0. The van der Waals surface area contributed by atoms with E-state index in [1.807, 2.05) is 17.4 Å². The standard InChI is InChI=1S/C13H14F3NO2/c1-19-11-4-2-3-8-7-9(5-6-10(8)11)17-12(18)13(14,15)16/h2-4,9H,5-7H2,1H3,(H,17,18)/t9-/m0/s1. The Hall–Kier alpha value is -1.72. The molecule has 0 radical (unpaired) electrons. The van der Waals surface area contributed by atoms with Crippen molar-refractivity contribution in [3.8, 4) is 5.75 Å². The maximum Gasteiger partial charge on any atom is 0.471 e. The van der Waals surface area contributed by atoms with Crippen LogP contribution in [0.5, 0.6) is 5.75 Å². The minimum Gasteiger partial charge on any atom is -0.496 e. The first-order valence-corrected chi connectivity index (χ1v) is 5.94. The molecule has 1 N–H and O–H groups in total. The fraction of sp³-hybridized carbons (Fsp3) is 0.462. The molecule has 1 amide bonds. The Morgan fingerprint density at radius 1 is 1.42 bits per heavy atom. The summed E-state index contributed by atoms with van der Waals surface area (Å²) in [7, 11) is 1.56. The van der Waals surface area contributed by atoms with Gasteiger partial charge in [-0.25, -0.2) is 0 Å². The number of rotatable bonds is 2. The van der Waals surface area contributed by atoms with Crippen molar-refractivity contribution < 1.29 is 22.7 Å². The lowest BCUT2D eigenvalue weighted by Gasteiger charge is -2.27. The fourth-order valence-electron chi connectivity index (χ4n) is 2.35. The van der Waals surface area contributed by atoms with E-state index in [4.69, 9.17) is 4.74 Å². The van der Waals surface area contributed by atoms with Gasteiger partial charge < -0.3 is 10.1 Å². The molecule has 0 bridgehead atoms. The van der Waals surface area contributed by atoms with E-state index in [0.29, 0.717) is 19.3 Å². The van der Waals surface area contributed by atoms with E-state index in [1.54, 1.807) is 13.2 Å². The Morgan fingerprint density at radius 2 is 2.16 bits per heavy atom. The maximum atomic E-state index is 12.2. The average molecular weight is 273 g/mol. The molecule has 0 saturated carbocycles. The molecule has 104 valence electrons. The van der Waals surface area contributed by atoms with Crippen molar-refractivity contribution in [2.75, 3.05) is 7.11 Å². The van der Waals surface area contributed by atoms with E-state index >= 15 is 0 Å². The van der Waals surface area contributed by atoms with Crippen molar-refractivity contribution in [3.63, 3.8) is 0 Å². The number of methoxy groups -OCH3 is 1. The van der Waals surface area contributed by atoms with E-state index in [2.05, 4.69) is 0 Å². The minimum atomic E-state index is -4.82. The third-order valence-corrected chi connectivity index (χ3v) is 3.25. The Kier molecular flexibility index (Phi) is 3.68. The molecule has 1 atom stereocenters. The van der Waals surface area contributed by atoms with Gasteiger partial charge in [0.25, 0.3) is 0 Å². The van der Waals surface area contributed by atoms with Crippen LogP contribution in [-0.2, 0) is 17.6 Å². The number of nitrogens with one attached hydrogen (secondary N) is 1. The number of fused-ring (bicyclic) bond motifs is 1. The average Bonchev–Trinajstić information content (AvgIpc) is 2.36. The number of ether oxygens (including phenoxy) is 1. The fourth-order valence-corrected chi connectivity index (χ4v) is 2.35. The number of benzene rings is 1. The van der Waals surface area contributed by atoms with Crippen molar-refractivity contribution in [3.05, 3.63) is 29.3 Å². The van der Waals surface area contributed by atoms with Crippen molar-refractivity contribution in [1.29, 1.82) is 0 Å². The predicted molar refractivity (Wildman–Crippen MR) is 63.0 cm³/mol. The molecule has 0 saturated heterocycles. The highest BCUT2D eigenvalue weighted by molar-refractivity contribution is 5.82. The van der Waals surface area contributed by atoms with Crippen LogP contribution in [0.2, 0.25) is 0 Å². The SMILES string of the molecule is COc1cccc2c1CC[C@H](NC(=O)C(F)(F)F)C2. The topological polar surface area (TPSA) is 38.3 Å². The molecule has 1 aromatic rings. The summed E-state index contributed by atoms with van der Waals surface area (Å²) in [6.07, 6.45) is -3.35.